The van der Waals surface area contributed by atoms with Crippen LogP contribution in [0.2, 0.25) is 0 Å². The Morgan fingerprint density at radius 1 is 1.17 bits per heavy atom. The topological polar surface area (TPSA) is 65.2 Å². The van der Waals surface area contributed by atoms with Crippen LogP contribution in [0, 0.1) is 0 Å². The standard InChI is InChI=1S/C26H36F3N5O/c1-5-32(6-2)23-10-13-33(14-11-23)25(35)24(31-17-30)18(3)19(4)34-12-9-20-7-8-22(26(27,28)29)15-21(20)16-34/h7-8,15,17,23H,4-6,9-14,16H2,1-3H3,(H2,30,31)/b24-18-. The van der Waals surface area contributed by atoms with E-state index in [2.05, 4.69) is 30.3 Å². The van der Waals surface area contributed by atoms with Gasteiger partial charge in [-0.15, -0.1) is 0 Å². The van der Waals surface area contributed by atoms with Crippen LogP contribution in [0.15, 0.2) is 46.7 Å². The van der Waals surface area contributed by atoms with E-state index in [9.17, 15) is 18.0 Å². The second-order valence-electron chi connectivity index (χ2n) is 9.10. The molecule has 0 atom stereocenters. The summed E-state index contributed by atoms with van der Waals surface area (Å²) in [5.74, 6) is -0.194. The van der Waals surface area contributed by atoms with Gasteiger partial charge in [0.05, 0.1) is 11.9 Å². The number of amides is 1. The molecular weight excluding hydrogens is 455 g/mol. The van der Waals surface area contributed by atoms with Crippen LogP contribution in [0.3, 0.4) is 0 Å². The average Bonchev–Trinajstić information content (AvgIpc) is 2.86. The number of hydrogen-bond acceptors (Lipinski definition) is 4. The molecule has 0 radical (unpaired) electrons. The van der Waals surface area contributed by atoms with Crippen LogP contribution in [0.4, 0.5) is 13.2 Å². The normalized spacial score (nSPS) is 18.1. The minimum Gasteiger partial charge on any atom is -0.390 e. The number of alkyl halides is 3. The van der Waals surface area contributed by atoms with Crippen molar-refractivity contribution in [1.82, 2.24) is 14.7 Å². The van der Waals surface area contributed by atoms with E-state index in [1.165, 1.54) is 6.07 Å². The van der Waals surface area contributed by atoms with Crippen molar-refractivity contribution in [3.8, 4) is 0 Å². The molecule has 2 heterocycles. The van der Waals surface area contributed by atoms with Crippen LogP contribution >= 0.6 is 0 Å². The zero-order valence-corrected chi connectivity index (χ0v) is 20.9. The van der Waals surface area contributed by atoms with Gasteiger partial charge in [-0.25, -0.2) is 4.99 Å². The van der Waals surface area contributed by atoms with Gasteiger partial charge >= 0.3 is 6.18 Å². The predicted molar refractivity (Wildman–Crippen MR) is 133 cm³/mol. The summed E-state index contributed by atoms with van der Waals surface area (Å²) in [5.41, 5.74) is 7.82. The number of likely N-dealkylation sites (tertiary alicyclic amines) is 1. The molecule has 3 rings (SSSR count). The van der Waals surface area contributed by atoms with E-state index in [0.29, 0.717) is 55.5 Å². The Bertz CT molecular complexity index is 989. The van der Waals surface area contributed by atoms with Gasteiger partial charge < -0.3 is 20.4 Å². The molecule has 1 fully saturated rings. The molecule has 1 aromatic rings. The number of nitrogens with two attached hydrogens (primary N) is 1. The molecule has 0 unspecified atom stereocenters. The second-order valence-corrected chi connectivity index (χ2v) is 9.10. The second kappa shape index (κ2) is 11.3. The zero-order chi connectivity index (χ0) is 25.8. The van der Waals surface area contributed by atoms with E-state index in [-0.39, 0.29) is 11.6 Å². The number of rotatable bonds is 7. The first-order chi connectivity index (χ1) is 16.6. The third-order valence-electron chi connectivity index (χ3n) is 7.20. The molecule has 0 bridgehead atoms. The van der Waals surface area contributed by atoms with E-state index in [1.807, 2.05) is 4.90 Å². The van der Waals surface area contributed by atoms with Crippen molar-refractivity contribution >= 4 is 12.2 Å². The van der Waals surface area contributed by atoms with Crippen LogP contribution < -0.4 is 5.73 Å². The number of benzene rings is 1. The zero-order valence-electron chi connectivity index (χ0n) is 20.9. The maximum atomic E-state index is 13.4. The molecule has 2 aliphatic rings. The Kier molecular flexibility index (Phi) is 8.64. The Morgan fingerprint density at radius 3 is 2.40 bits per heavy atom. The summed E-state index contributed by atoms with van der Waals surface area (Å²) >= 11 is 0. The summed E-state index contributed by atoms with van der Waals surface area (Å²) in [6.45, 7) is 14.4. The number of aliphatic imine (C=N–C) groups is 1. The molecular formula is C26H36F3N5O. The number of fused-ring (bicyclic) bond motifs is 1. The van der Waals surface area contributed by atoms with Gasteiger partial charge in [-0.3, -0.25) is 4.79 Å². The molecule has 1 amide bonds. The van der Waals surface area contributed by atoms with Crippen molar-refractivity contribution in [1.29, 1.82) is 0 Å². The number of hydrogen-bond donors (Lipinski definition) is 1. The minimum absolute atomic E-state index is 0.194. The van der Waals surface area contributed by atoms with Gasteiger partial charge in [-0.1, -0.05) is 26.5 Å². The third-order valence-corrected chi connectivity index (χ3v) is 7.20. The van der Waals surface area contributed by atoms with Crippen LogP contribution in [-0.2, 0) is 23.9 Å². The van der Waals surface area contributed by atoms with E-state index in [4.69, 9.17) is 5.73 Å². The van der Waals surface area contributed by atoms with E-state index < -0.39 is 11.7 Å². The summed E-state index contributed by atoms with van der Waals surface area (Å²) in [4.78, 5) is 23.7. The maximum absolute atomic E-state index is 13.4. The lowest BCUT2D eigenvalue weighted by Gasteiger charge is -2.38. The first kappa shape index (κ1) is 26.8. The Balaban J connectivity index is 1.76. The molecule has 0 aromatic heterocycles. The molecule has 2 N–H and O–H groups in total. The van der Waals surface area contributed by atoms with Crippen LogP contribution in [-0.4, -0.2) is 65.7 Å². The van der Waals surface area contributed by atoms with Gasteiger partial charge in [-0.2, -0.15) is 13.2 Å². The summed E-state index contributed by atoms with van der Waals surface area (Å²) in [7, 11) is 0. The molecule has 1 aromatic carbocycles. The highest BCUT2D eigenvalue weighted by Crippen LogP contribution is 2.33. The smallest absolute Gasteiger partial charge is 0.390 e. The Labute approximate surface area is 206 Å². The summed E-state index contributed by atoms with van der Waals surface area (Å²) in [5, 5.41) is 0. The highest BCUT2D eigenvalue weighted by molar-refractivity contribution is 5.95. The monoisotopic (exact) mass is 491 g/mol. The largest absolute Gasteiger partial charge is 0.416 e. The van der Waals surface area contributed by atoms with Crippen molar-refractivity contribution in [2.75, 3.05) is 32.7 Å². The first-order valence-corrected chi connectivity index (χ1v) is 12.2. The SMILES string of the molecule is C=C(/C(C)=C(\N=CN)C(=O)N1CCC(N(CC)CC)CC1)N1CCc2ccc(C(F)(F)F)cc2C1. The lowest BCUT2D eigenvalue weighted by Crippen LogP contribution is -2.47. The number of piperidine rings is 1. The van der Waals surface area contributed by atoms with Crippen LogP contribution in [0.25, 0.3) is 0 Å². The fourth-order valence-corrected chi connectivity index (χ4v) is 5.05. The molecule has 0 aliphatic carbocycles. The number of carbonyl (C=O) groups excluding carboxylic acids is 1. The van der Waals surface area contributed by atoms with E-state index in [0.717, 1.165) is 43.9 Å². The number of allylic oxidation sites excluding steroid dienone is 1. The van der Waals surface area contributed by atoms with Crippen LogP contribution in [0.5, 0.6) is 0 Å². The van der Waals surface area contributed by atoms with Crippen molar-refractivity contribution < 1.29 is 18.0 Å². The van der Waals surface area contributed by atoms with Crippen molar-refractivity contribution in [2.45, 2.75) is 58.8 Å². The summed E-state index contributed by atoms with van der Waals surface area (Å²) < 4.78 is 39.6. The lowest BCUT2D eigenvalue weighted by atomic mass is 9.96. The molecule has 0 saturated carbocycles. The van der Waals surface area contributed by atoms with Crippen molar-refractivity contribution in [3.05, 3.63) is 58.4 Å². The lowest BCUT2D eigenvalue weighted by molar-refractivity contribution is -0.137. The molecule has 1 saturated heterocycles. The van der Waals surface area contributed by atoms with Gasteiger partial charge in [0, 0.05) is 43.5 Å². The summed E-state index contributed by atoms with van der Waals surface area (Å²) in [6, 6.07) is 4.35. The van der Waals surface area contributed by atoms with Gasteiger partial charge in [0.25, 0.3) is 5.91 Å². The molecule has 35 heavy (non-hydrogen) atoms. The Morgan fingerprint density at radius 2 is 1.83 bits per heavy atom. The third kappa shape index (κ3) is 6.07. The molecule has 2 aliphatic heterocycles. The van der Waals surface area contributed by atoms with Gasteiger partial charge in [-0.05, 0) is 62.5 Å². The fraction of sp³-hybridized carbons (Fsp3) is 0.538. The van der Waals surface area contributed by atoms with Crippen molar-refractivity contribution in [3.63, 3.8) is 0 Å². The molecule has 0 spiro atoms. The quantitative estimate of drug-likeness (QED) is 0.269. The van der Waals surface area contributed by atoms with Gasteiger partial charge in [0.2, 0.25) is 0 Å². The minimum atomic E-state index is -4.39. The number of nitrogens with zero attached hydrogens (tertiary/aromatic N) is 4. The first-order valence-electron chi connectivity index (χ1n) is 12.2. The highest BCUT2D eigenvalue weighted by Gasteiger charge is 2.32. The van der Waals surface area contributed by atoms with E-state index >= 15 is 0 Å². The number of carbonyl (C=O) groups is 1. The molecule has 9 heteroatoms. The average molecular weight is 492 g/mol. The Hall–Kier alpha value is -2.81. The maximum Gasteiger partial charge on any atom is 0.416 e. The summed E-state index contributed by atoms with van der Waals surface area (Å²) in [6.07, 6.45) is -0.886. The molecule has 6 nitrogen and oxygen atoms in total. The van der Waals surface area contributed by atoms with Crippen LogP contribution in [0.1, 0.15) is 50.3 Å². The van der Waals surface area contributed by atoms with Gasteiger partial charge in [0.15, 0.2) is 0 Å². The van der Waals surface area contributed by atoms with E-state index in [1.54, 1.807) is 17.9 Å². The fourth-order valence-electron chi connectivity index (χ4n) is 5.05. The number of halogens is 3. The van der Waals surface area contributed by atoms with Gasteiger partial charge in [0.1, 0.15) is 5.70 Å². The predicted octanol–water partition coefficient (Wildman–Crippen LogP) is 4.17. The highest BCUT2D eigenvalue weighted by atomic mass is 19.4. The molecule has 192 valence electrons. The van der Waals surface area contributed by atoms with Crippen molar-refractivity contribution in [2.24, 2.45) is 10.7 Å².